The molecule has 1 aromatic carbocycles. The first kappa shape index (κ1) is 14.1. The highest BCUT2D eigenvalue weighted by molar-refractivity contribution is 6.33. The maximum atomic E-state index is 8.91. The molecule has 0 spiro atoms. The van der Waals surface area contributed by atoms with Crippen LogP contribution < -0.4 is 11.1 Å². The van der Waals surface area contributed by atoms with E-state index in [0.717, 1.165) is 0 Å². The summed E-state index contributed by atoms with van der Waals surface area (Å²) < 4.78 is 0. The largest absolute Gasteiger partial charge is 0.384 e. The fourth-order valence-corrected chi connectivity index (χ4v) is 1.80. The monoisotopic (exact) mass is 287 g/mol. The van der Waals surface area contributed by atoms with Crippen LogP contribution in [0, 0.1) is 11.3 Å². The van der Waals surface area contributed by atoms with E-state index in [9.17, 15) is 0 Å². The molecule has 2 rings (SSSR count). The Morgan fingerprint density at radius 2 is 2.05 bits per heavy atom. The zero-order chi connectivity index (χ0) is 14.7. The summed E-state index contributed by atoms with van der Waals surface area (Å²) in [6, 6.07) is 8.67. The van der Waals surface area contributed by atoms with Crippen LogP contribution in [0.15, 0.2) is 24.3 Å². The molecule has 1 aromatic heterocycles. The van der Waals surface area contributed by atoms with E-state index in [1.807, 2.05) is 13.8 Å². The summed E-state index contributed by atoms with van der Waals surface area (Å²) >= 11 is 6.10. The molecule has 0 aliphatic heterocycles. The minimum atomic E-state index is 0.167. The Hall–Kier alpha value is -2.32. The van der Waals surface area contributed by atoms with Gasteiger partial charge in [-0.1, -0.05) is 25.4 Å². The third kappa shape index (κ3) is 3.16. The predicted octanol–water partition coefficient (Wildman–Crippen LogP) is 3.45. The number of nitrogens with two attached hydrogens (primary N) is 1. The number of hydrogen-bond donors (Lipinski definition) is 2. The summed E-state index contributed by atoms with van der Waals surface area (Å²) in [5.41, 5.74) is 6.89. The van der Waals surface area contributed by atoms with Gasteiger partial charge in [0.05, 0.1) is 22.3 Å². The number of aromatic nitrogens is 2. The van der Waals surface area contributed by atoms with Crippen molar-refractivity contribution in [3.8, 4) is 6.07 Å². The molecule has 20 heavy (non-hydrogen) atoms. The normalized spacial score (nSPS) is 10.3. The van der Waals surface area contributed by atoms with Crippen molar-refractivity contribution < 1.29 is 0 Å². The van der Waals surface area contributed by atoms with Gasteiger partial charge in [0, 0.05) is 12.0 Å². The molecule has 0 fully saturated rings. The van der Waals surface area contributed by atoms with Crippen molar-refractivity contribution in [3.05, 3.63) is 40.7 Å². The van der Waals surface area contributed by atoms with Gasteiger partial charge in [0.2, 0.25) is 0 Å². The van der Waals surface area contributed by atoms with Gasteiger partial charge in [-0.3, -0.25) is 0 Å². The SMILES string of the molecule is CC(C)c1nc(N)cc(Nc2cc(C#N)ccc2Cl)n1. The Labute approximate surface area is 122 Å². The third-order valence-corrected chi connectivity index (χ3v) is 2.97. The van der Waals surface area contributed by atoms with Gasteiger partial charge in [0.1, 0.15) is 17.5 Å². The number of benzene rings is 1. The lowest BCUT2D eigenvalue weighted by atomic mass is 10.2. The molecule has 0 saturated carbocycles. The van der Waals surface area contributed by atoms with E-state index in [1.54, 1.807) is 24.3 Å². The van der Waals surface area contributed by atoms with Gasteiger partial charge in [-0.15, -0.1) is 0 Å². The third-order valence-electron chi connectivity index (χ3n) is 2.64. The van der Waals surface area contributed by atoms with Crippen LogP contribution in [0.25, 0.3) is 0 Å². The molecule has 2 aromatic rings. The van der Waals surface area contributed by atoms with Gasteiger partial charge in [0.15, 0.2) is 0 Å². The van der Waals surface area contributed by atoms with Gasteiger partial charge in [-0.25, -0.2) is 9.97 Å². The fraction of sp³-hybridized carbons (Fsp3) is 0.214. The molecule has 5 nitrogen and oxygen atoms in total. The molecule has 102 valence electrons. The van der Waals surface area contributed by atoms with Gasteiger partial charge in [-0.05, 0) is 18.2 Å². The van der Waals surface area contributed by atoms with Crippen molar-refractivity contribution in [2.45, 2.75) is 19.8 Å². The highest BCUT2D eigenvalue weighted by Crippen LogP contribution is 2.26. The molecule has 0 atom stereocenters. The van der Waals surface area contributed by atoms with Crippen LogP contribution in [0.4, 0.5) is 17.3 Å². The van der Waals surface area contributed by atoms with E-state index in [2.05, 4.69) is 21.4 Å². The Bertz CT molecular complexity index is 676. The highest BCUT2D eigenvalue weighted by atomic mass is 35.5. The first-order valence-electron chi connectivity index (χ1n) is 6.10. The van der Waals surface area contributed by atoms with E-state index in [4.69, 9.17) is 22.6 Å². The Morgan fingerprint density at radius 3 is 2.70 bits per heavy atom. The number of nitriles is 1. The number of nitrogens with zero attached hydrogens (tertiary/aromatic N) is 3. The van der Waals surface area contributed by atoms with Crippen LogP contribution in [-0.2, 0) is 0 Å². The first-order chi connectivity index (χ1) is 9.49. The van der Waals surface area contributed by atoms with Crippen molar-refractivity contribution in [3.63, 3.8) is 0 Å². The minimum Gasteiger partial charge on any atom is -0.384 e. The zero-order valence-electron chi connectivity index (χ0n) is 11.2. The molecule has 1 heterocycles. The van der Waals surface area contributed by atoms with E-state index >= 15 is 0 Å². The van der Waals surface area contributed by atoms with Crippen molar-refractivity contribution in [1.29, 1.82) is 5.26 Å². The number of nitrogens with one attached hydrogen (secondary N) is 1. The van der Waals surface area contributed by atoms with Crippen LogP contribution in [0.5, 0.6) is 0 Å². The predicted molar refractivity (Wildman–Crippen MR) is 80.0 cm³/mol. The molecule has 0 aliphatic rings. The molecule has 0 bridgehead atoms. The van der Waals surface area contributed by atoms with Crippen LogP contribution in [-0.4, -0.2) is 9.97 Å². The lowest BCUT2D eigenvalue weighted by Crippen LogP contribution is -2.05. The number of rotatable bonds is 3. The van der Waals surface area contributed by atoms with Crippen molar-refractivity contribution >= 4 is 28.9 Å². The van der Waals surface area contributed by atoms with Crippen molar-refractivity contribution in [1.82, 2.24) is 9.97 Å². The molecular formula is C14H14ClN5. The quantitative estimate of drug-likeness (QED) is 0.902. The van der Waals surface area contributed by atoms with Crippen molar-refractivity contribution in [2.24, 2.45) is 0 Å². The minimum absolute atomic E-state index is 0.167. The molecule has 0 unspecified atom stereocenters. The summed E-state index contributed by atoms with van der Waals surface area (Å²) in [4.78, 5) is 8.55. The summed E-state index contributed by atoms with van der Waals surface area (Å²) in [5, 5.41) is 12.5. The number of nitrogen functional groups attached to an aromatic ring is 1. The Kier molecular flexibility index (Phi) is 4.06. The molecule has 0 amide bonds. The average Bonchev–Trinajstić information content (AvgIpc) is 2.40. The highest BCUT2D eigenvalue weighted by Gasteiger charge is 2.08. The zero-order valence-corrected chi connectivity index (χ0v) is 11.9. The molecule has 6 heteroatoms. The molecule has 3 N–H and O–H groups in total. The fourth-order valence-electron chi connectivity index (χ4n) is 1.64. The first-order valence-corrected chi connectivity index (χ1v) is 6.48. The van der Waals surface area contributed by atoms with Crippen molar-refractivity contribution in [2.75, 3.05) is 11.1 Å². The van der Waals surface area contributed by atoms with Crippen LogP contribution >= 0.6 is 11.6 Å². The van der Waals surface area contributed by atoms with Gasteiger partial charge >= 0.3 is 0 Å². The number of halogens is 1. The number of anilines is 3. The van der Waals surface area contributed by atoms with Gasteiger partial charge < -0.3 is 11.1 Å². The van der Waals surface area contributed by atoms with Crippen LogP contribution in [0.2, 0.25) is 5.02 Å². The molecule has 0 radical (unpaired) electrons. The molecule has 0 aliphatic carbocycles. The molecule has 0 saturated heterocycles. The average molecular weight is 288 g/mol. The standard InChI is InChI=1S/C14H14ClN5/c1-8(2)14-19-12(17)6-13(20-14)18-11-5-9(7-16)3-4-10(11)15/h3-6,8H,1-2H3,(H3,17,18,19,20). The van der Waals surface area contributed by atoms with E-state index in [1.165, 1.54) is 0 Å². The summed E-state index contributed by atoms with van der Waals surface area (Å²) in [7, 11) is 0. The van der Waals surface area contributed by atoms with E-state index < -0.39 is 0 Å². The second-order valence-corrected chi connectivity index (χ2v) is 5.03. The lowest BCUT2D eigenvalue weighted by molar-refractivity contribution is 0.779. The smallest absolute Gasteiger partial charge is 0.136 e. The summed E-state index contributed by atoms with van der Waals surface area (Å²) in [5.74, 6) is 1.76. The van der Waals surface area contributed by atoms with Crippen LogP contribution in [0.3, 0.4) is 0 Å². The maximum Gasteiger partial charge on any atom is 0.136 e. The lowest BCUT2D eigenvalue weighted by Gasteiger charge is -2.11. The van der Waals surface area contributed by atoms with E-state index in [-0.39, 0.29) is 5.92 Å². The summed E-state index contributed by atoms with van der Waals surface area (Å²) in [6.45, 7) is 3.98. The van der Waals surface area contributed by atoms with Gasteiger partial charge in [-0.2, -0.15) is 5.26 Å². The molecular weight excluding hydrogens is 274 g/mol. The second-order valence-electron chi connectivity index (χ2n) is 4.62. The summed E-state index contributed by atoms with van der Waals surface area (Å²) in [6.07, 6.45) is 0. The van der Waals surface area contributed by atoms with Crippen LogP contribution in [0.1, 0.15) is 31.2 Å². The maximum absolute atomic E-state index is 8.91. The second kappa shape index (κ2) is 5.76. The van der Waals surface area contributed by atoms with E-state index in [0.29, 0.717) is 33.7 Å². The number of hydrogen-bond acceptors (Lipinski definition) is 5. The Balaban J connectivity index is 2.37. The Morgan fingerprint density at radius 1 is 1.30 bits per heavy atom. The topological polar surface area (TPSA) is 87.6 Å². The van der Waals surface area contributed by atoms with Gasteiger partial charge in [0.25, 0.3) is 0 Å².